The molecule has 0 unspecified atom stereocenters. The largest absolute Gasteiger partial charge is 1.00 e. The van der Waals surface area contributed by atoms with Gasteiger partial charge in [-0.1, -0.05) is 60.7 Å². The van der Waals surface area contributed by atoms with Gasteiger partial charge in [0.15, 0.2) is 6.54 Å². The SMILES string of the molecule is CCOC(=O)C[N+]12CCC(CC1)C(=C(c1ccccc1)c1ccccc1)C2.[Br-]. The van der Waals surface area contributed by atoms with Gasteiger partial charge >= 0.3 is 5.97 Å². The number of esters is 1. The van der Waals surface area contributed by atoms with Crippen molar-refractivity contribution in [3.8, 4) is 0 Å². The van der Waals surface area contributed by atoms with Gasteiger partial charge in [-0.25, -0.2) is 4.79 Å². The fourth-order valence-corrected chi connectivity index (χ4v) is 4.84. The van der Waals surface area contributed by atoms with Crippen molar-refractivity contribution in [2.75, 3.05) is 32.8 Å². The van der Waals surface area contributed by atoms with Crippen molar-refractivity contribution in [1.29, 1.82) is 0 Å². The van der Waals surface area contributed by atoms with Gasteiger partial charge in [-0.05, 0) is 35.1 Å². The average Bonchev–Trinajstić information content (AvgIpc) is 2.70. The van der Waals surface area contributed by atoms with Gasteiger partial charge in [-0.15, -0.1) is 0 Å². The number of benzene rings is 2. The Balaban J connectivity index is 0.00000225. The standard InChI is InChI=1S/C24H28NO2.BrH/c1-2-27-23(26)18-25-15-13-19(14-16-25)22(17-25)24(20-9-5-3-6-10-20)21-11-7-4-8-12-21;/h3-12,19H,2,13-18H2,1H3;1H/q+1;/p-1. The number of halogens is 1. The third-order valence-corrected chi connectivity index (χ3v) is 6.12. The maximum absolute atomic E-state index is 12.3. The molecule has 28 heavy (non-hydrogen) atoms. The summed E-state index contributed by atoms with van der Waals surface area (Å²) in [6.45, 7) is 5.98. The summed E-state index contributed by atoms with van der Waals surface area (Å²) in [6.07, 6.45) is 2.33. The smallest absolute Gasteiger partial charge is 0.361 e. The van der Waals surface area contributed by atoms with E-state index in [4.69, 9.17) is 4.74 Å². The Morgan fingerprint density at radius 1 is 0.964 bits per heavy atom. The number of carbonyl (C=O) groups is 1. The van der Waals surface area contributed by atoms with Gasteiger partial charge in [0.2, 0.25) is 0 Å². The average molecular weight is 442 g/mol. The second-order valence-corrected chi connectivity index (χ2v) is 7.82. The van der Waals surface area contributed by atoms with E-state index in [1.165, 1.54) is 22.3 Å². The number of rotatable bonds is 5. The van der Waals surface area contributed by atoms with Crippen LogP contribution in [0.4, 0.5) is 0 Å². The highest BCUT2D eigenvalue weighted by Gasteiger charge is 2.45. The number of piperidine rings is 3. The van der Waals surface area contributed by atoms with E-state index in [1.807, 2.05) is 6.92 Å². The lowest BCUT2D eigenvalue weighted by molar-refractivity contribution is -0.929. The lowest BCUT2D eigenvalue weighted by Crippen LogP contribution is -3.00. The van der Waals surface area contributed by atoms with Gasteiger partial charge in [-0.2, -0.15) is 0 Å². The number of nitrogens with zero attached hydrogens (tertiary/aromatic N) is 1. The number of fused-ring (bicyclic) bond motifs is 3. The number of quaternary nitrogens is 1. The summed E-state index contributed by atoms with van der Waals surface area (Å²) in [6, 6.07) is 21.4. The zero-order valence-electron chi connectivity index (χ0n) is 16.4. The van der Waals surface area contributed by atoms with Crippen LogP contribution in [0, 0.1) is 5.92 Å². The maximum Gasteiger partial charge on any atom is 0.361 e. The van der Waals surface area contributed by atoms with Crippen LogP contribution in [0.5, 0.6) is 0 Å². The highest BCUT2D eigenvalue weighted by atomic mass is 79.9. The quantitative estimate of drug-likeness (QED) is 0.516. The van der Waals surface area contributed by atoms with E-state index < -0.39 is 0 Å². The summed E-state index contributed by atoms with van der Waals surface area (Å²) in [4.78, 5) is 12.3. The molecule has 0 amide bonds. The Morgan fingerprint density at radius 3 is 2.00 bits per heavy atom. The lowest BCUT2D eigenvalue weighted by atomic mass is 9.76. The minimum absolute atomic E-state index is 0. The molecular weight excluding hydrogens is 414 g/mol. The normalized spacial score (nSPS) is 23.0. The Labute approximate surface area is 178 Å². The molecule has 2 bridgehead atoms. The molecule has 0 aliphatic carbocycles. The zero-order valence-corrected chi connectivity index (χ0v) is 18.0. The predicted molar refractivity (Wildman–Crippen MR) is 108 cm³/mol. The number of hydrogen-bond donors (Lipinski definition) is 0. The van der Waals surface area contributed by atoms with Crippen LogP contribution in [0.25, 0.3) is 5.57 Å². The van der Waals surface area contributed by atoms with Crippen molar-refractivity contribution in [3.05, 3.63) is 77.4 Å². The van der Waals surface area contributed by atoms with Crippen LogP contribution in [-0.4, -0.2) is 43.2 Å². The van der Waals surface area contributed by atoms with Crippen molar-refractivity contribution < 1.29 is 31.0 Å². The highest BCUT2D eigenvalue weighted by Crippen LogP contribution is 2.42. The van der Waals surface area contributed by atoms with Gasteiger partial charge in [0.05, 0.1) is 19.7 Å². The Kier molecular flexibility index (Phi) is 6.73. The first-order valence-corrected chi connectivity index (χ1v) is 10.1. The molecule has 3 saturated heterocycles. The topological polar surface area (TPSA) is 26.3 Å². The van der Waals surface area contributed by atoms with Gasteiger partial charge < -0.3 is 26.2 Å². The molecule has 3 aliphatic rings. The van der Waals surface area contributed by atoms with Crippen molar-refractivity contribution >= 4 is 11.5 Å². The molecule has 2 aromatic carbocycles. The highest BCUT2D eigenvalue weighted by molar-refractivity contribution is 5.82. The molecule has 148 valence electrons. The van der Waals surface area contributed by atoms with E-state index in [0.29, 0.717) is 19.1 Å². The summed E-state index contributed by atoms with van der Waals surface area (Å²) >= 11 is 0. The second-order valence-electron chi connectivity index (χ2n) is 7.82. The molecule has 0 aromatic heterocycles. The fourth-order valence-electron chi connectivity index (χ4n) is 4.84. The van der Waals surface area contributed by atoms with E-state index in [0.717, 1.165) is 37.0 Å². The van der Waals surface area contributed by atoms with Crippen molar-refractivity contribution in [3.63, 3.8) is 0 Å². The molecule has 4 heteroatoms. The number of carbonyl (C=O) groups excluding carboxylic acids is 1. The predicted octanol–water partition coefficient (Wildman–Crippen LogP) is 1.30. The van der Waals surface area contributed by atoms with Gasteiger partial charge in [0, 0.05) is 12.8 Å². The first-order chi connectivity index (χ1) is 13.2. The molecule has 0 saturated carbocycles. The third kappa shape index (κ3) is 4.23. The molecule has 0 radical (unpaired) electrons. The molecule has 3 aliphatic heterocycles. The molecule has 0 atom stereocenters. The zero-order chi connectivity index (χ0) is 18.7. The van der Waals surface area contributed by atoms with Crippen LogP contribution < -0.4 is 17.0 Å². The first kappa shape index (κ1) is 20.8. The monoisotopic (exact) mass is 441 g/mol. The van der Waals surface area contributed by atoms with Crippen molar-refractivity contribution in [1.82, 2.24) is 0 Å². The summed E-state index contributed by atoms with van der Waals surface area (Å²) in [7, 11) is 0. The van der Waals surface area contributed by atoms with Gasteiger partial charge in [-0.3, -0.25) is 0 Å². The van der Waals surface area contributed by atoms with Gasteiger partial charge in [0.25, 0.3) is 0 Å². The van der Waals surface area contributed by atoms with Gasteiger partial charge in [0.1, 0.15) is 6.54 Å². The van der Waals surface area contributed by atoms with Crippen molar-refractivity contribution in [2.24, 2.45) is 5.92 Å². The minimum Gasteiger partial charge on any atom is -1.00 e. The van der Waals surface area contributed by atoms with E-state index >= 15 is 0 Å². The second kappa shape index (κ2) is 9.06. The Morgan fingerprint density at radius 2 is 1.50 bits per heavy atom. The van der Waals surface area contributed by atoms with Crippen LogP contribution >= 0.6 is 0 Å². The van der Waals surface area contributed by atoms with Crippen molar-refractivity contribution in [2.45, 2.75) is 19.8 Å². The molecular formula is C24H28BrNO2. The van der Waals surface area contributed by atoms with Crippen LogP contribution in [0.15, 0.2) is 66.2 Å². The summed E-state index contributed by atoms with van der Waals surface area (Å²) < 4.78 is 6.14. The van der Waals surface area contributed by atoms with E-state index in [1.54, 1.807) is 0 Å². The van der Waals surface area contributed by atoms with Crippen LogP contribution in [0.3, 0.4) is 0 Å². The van der Waals surface area contributed by atoms with Crippen LogP contribution in [-0.2, 0) is 9.53 Å². The number of ether oxygens (including phenoxy) is 1. The van der Waals surface area contributed by atoms with Crippen LogP contribution in [0.1, 0.15) is 30.9 Å². The number of hydrogen-bond acceptors (Lipinski definition) is 2. The Bertz CT molecular complexity index is 783. The first-order valence-electron chi connectivity index (χ1n) is 10.1. The third-order valence-electron chi connectivity index (χ3n) is 6.12. The van der Waals surface area contributed by atoms with Crippen LogP contribution in [0.2, 0.25) is 0 Å². The minimum atomic E-state index is -0.0572. The summed E-state index contributed by atoms with van der Waals surface area (Å²) in [5.41, 5.74) is 5.45. The summed E-state index contributed by atoms with van der Waals surface area (Å²) in [5, 5.41) is 0. The molecule has 2 aromatic rings. The van der Waals surface area contributed by atoms with E-state index in [2.05, 4.69) is 60.7 Å². The van der Waals surface area contributed by atoms with E-state index in [-0.39, 0.29) is 23.0 Å². The molecule has 5 rings (SSSR count). The molecule has 3 heterocycles. The maximum atomic E-state index is 12.3. The summed E-state index contributed by atoms with van der Waals surface area (Å²) in [5.74, 6) is 0.570. The molecule has 3 fully saturated rings. The molecule has 3 nitrogen and oxygen atoms in total. The lowest BCUT2D eigenvalue weighted by Gasteiger charge is -2.50. The van der Waals surface area contributed by atoms with E-state index in [9.17, 15) is 4.79 Å². The molecule has 0 spiro atoms. The Hall–Kier alpha value is -1.91. The fraction of sp³-hybridized carbons (Fsp3) is 0.375. The molecule has 0 N–H and O–H groups in total.